The molecule has 62 valence electrons. The molecule has 1 heterocycles. The molecule has 0 radical (unpaired) electrons. The van der Waals surface area contributed by atoms with E-state index in [2.05, 4.69) is 15.7 Å². The first-order valence-electron chi connectivity index (χ1n) is 3.66. The Morgan fingerprint density at radius 1 is 1.82 bits per heavy atom. The topological polar surface area (TPSA) is 32.3 Å². The molecule has 0 saturated carbocycles. The summed E-state index contributed by atoms with van der Waals surface area (Å²) in [6.45, 7) is 3.42. The third-order valence-electron chi connectivity index (χ3n) is 1.39. The van der Waals surface area contributed by atoms with Crippen molar-refractivity contribution in [1.29, 1.82) is 0 Å². The number of carbonyl (C=O) groups is 1. The molecule has 1 aliphatic rings. The first-order valence-corrected chi connectivity index (χ1v) is 4.50. The second-order valence-electron chi connectivity index (χ2n) is 2.25. The van der Waals surface area contributed by atoms with Crippen LogP contribution in [-0.4, -0.2) is 23.4 Å². The Morgan fingerprint density at radius 3 is 3.18 bits per heavy atom. The van der Waals surface area contributed by atoms with Gasteiger partial charge in [-0.05, 0) is 17.4 Å². The number of hydrogen-bond donors (Lipinski definition) is 1. The zero-order chi connectivity index (χ0) is 8.10. The first kappa shape index (κ1) is 8.62. The predicted octanol–water partition coefficient (Wildman–Crippen LogP) is 0.948. The zero-order valence-electron chi connectivity index (χ0n) is 6.54. The van der Waals surface area contributed by atoms with Gasteiger partial charge >= 0.3 is 0 Å². The summed E-state index contributed by atoms with van der Waals surface area (Å²) in [7, 11) is 0. The van der Waals surface area contributed by atoms with Gasteiger partial charge in [0.25, 0.3) is 0 Å². The monoisotopic (exact) mass is 172 g/mol. The van der Waals surface area contributed by atoms with Crippen LogP contribution in [0.25, 0.3) is 0 Å². The highest BCUT2D eigenvalue weighted by molar-refractivity contribution is 8.00. The number of amides is 1. The molecule has 0 bridgehead atoms. The Morgan fingerprint density at radius 2 is 2.64 bits per heavy atom. The van der Waals surface area contributed by atoms with E-state index in [9.17, 15) is 4.79 Å². The maximum atomic E-state index is 10.8. The number of nitrogens with zero attached hydrogens (tertiary/aromatic N) is 1. The average molecular weight is 172 g/mol. The minimum Gasteiger partial charge on any atom is -0.342 e. The summed E-state index contributed by atoms with van der Waals surface area (Å²) in [6.07, 6.45) is 2.63. The van der Waals surface area contributed by atoms with E-state index in [0.29, 0.717) is 13.1 Å². The molecule has 0 aliphatic carbocycles. The van der Waals surface area contributed by atoms with Crippen molar-refractivity contribution in [1.82, 2.24) is 9.62 Å². The lowest BCUT2D eigenvalue weighted by atomic mass is 10.5. The first-order chi connectivity index (χ1) is 5.33. The van der Waals surface area contributed by atoms with Crippen molar-refractivity contribution in [3.63, 3.8) is 0 Å². The molecule has 0 aromatic heterocycles. The second kappa shape index (κ2) is 4.41. The van der Waals surface area contributed by atoms with E-state index >= 15 is 0 Å². The van der Waals surface area contributed by atoms with Crippen molar-refractivity contribution < 1.29 is 4.79 Å². The van der Waals surface area contributed by atoms with Crippen LogP contribution in [0, 0.1) is 0 Å². The van der Waals surface area contributed by atoms with Crippen molar-refractivity contribution in [3.8, 4) is 0 Å². The van der Waals surface area contributed by atoms with Gasteiger partial charge in [0, 0.05) is 13.0 Å². The highest BCUT2D eigenvalue weighted by Crippen LogP contribution is 2.15. The number of carbonyl (C=O) groups excluding carboxylic acids is 1. The molecule has 0 atom stereocenters. The molecule has 3 nitrogen and oxygen atoms in total. The lowest BCUT2D eigenvalue weighted by molar-refractivity contribution is -0.121. The largest absolute Gasteiger partial charge is 0.342 e. The Balaban J connectivity index is 2.07. The van der Waals surface area contributed by atoms with Crippen LogP contribution < -0.4 is 5.32 Å². The summed E-state index contributed by atoms with van der Waals surface area (Å²) >= 11 is 1.63. The molecule has 0 aromatic rings. The van der Waals surface area contributed by atoms with Gasteiger partial charge in [-0.2, -0.15) is 0 Å². The standard InChI is InChI=1S/C7H12N2OS/c1-2-7(10)8-6-9-4-3-5-11-9/h3,5H,2,4,6H2,1H3,(H,8,10). The molecule has 4 heteroatoms. The third-order valence-corrected chi connectivity index (χ3v) is 2.28. The minimum atomic E-state index is 0.109. The van der Waals surface area contributed by atoms with E-state index in [-0.39, 0.29) is 5.91 Å². The second-order valence-corrected chi connectivity index (χ2v) is 3.25. The molecule has 0 unspecified atom stereocenters. The fraction of sp³-hybridized carbons (Fsp3) is 0.571. The summed E-state index contributed by atoms with van der Waals surface area (Å²) in [6, 6.07) is 0. The molecular formula is C7H12N2OS. The quantitative estimate of drug-likeness (QED) is 0.643. The smallest absolute Gasteiger partial charge is 0.220 e. The van der Waals surface area contributed by atoms with Crippen molar-refractivity contribution in [2.45, 2.75) is 13.3 Å². The third kappa shape index (κ3) is 2.95. The summed E-state index contributed by atoms with van der Waals surface area (Å²) in [4.78, 5) is 10.8. The fourth-order valence-electron chi connectivity index (χ4n) is 0.736. The molecule has 0 fully saturated rings. The van der Waals surface area contributed by atoms with Crippen LogP contribution in [0.5, 0.6) is 0 Å². The number of nitrogens with one attached hydrogen (secondary N) is 1. The van der Waals surface area contributed by atoms with Crippen LogP contribution >= 0.6 is 11.9 Å². The van der Waals surface area contributed by atoms with Crippen molar-refractivity contribution in [3.05, 3.63) is 11.5 Å². The van der Waals surface area contributed by atoms with Gasteiger partial charge in [-0.3, -0.25) is 4.79 Å². The highest BCUT2D eigenvalue weighted by atomic mass is 32.2. The molecule has 0 saturated heterocycles. The maximum absolute atomic E-state index is 10.8. The molecule has 0 spiro atoms. The van der Waals surface area contributed by atoms with E-state index in [4.69, 9.17) is 0 Å². The molecule has 0 aromatic carbocycles. The molecular weight excluding hydrogens is 160 g/mol. The van der Waals surface area contributed by atoms with E-state index in [1.54, 1.807) is 11.9 Å². The zero-order valence-corrected chi connectivity index (χ0v) is 7.36. The van der Waals surface area contributed by atoms with E-state index < -0.39 is 0 Å². The average Bonchev–Trinajstić information content (AvgIpc) is 2.52. The number of hydrogen-bond acceptors (Lipinski definition) is 3. The van der Waals surface area contributed by atoms with Gasteiger partial charge in [-0.1, -0.05) is 13.0 Å². The molecule has 1 rings (SSSR count). The van der Waals surface area contributed by atoms with Crippen LogP contribution in [0.3, 0.4) is 0 Å². The van der Waals surface area contributed by atoms with Gasteiger partial charge in [0.15, 0.2) is 0 Å². The minimum absolute atomic E-state index is 0.109. The maximum Gasteiger partial charge on any atom is 0.220 e. The van der Waals surface area contributed by atoms with Crippen LogP contribution in [0.15, 0.2) is 11.5 Å². The van der Waals surface area contributed by atoms with Gasteiger partial charge < -0.3 is 5.32 Å². The van der Waals surface area contributed by atoms with Crippen LogP contribution in [0.2, 0.25) is 0 Å². The highest BCUT2D eigenvalue weighted by Gasteiger charge is 2.06. The molecule has 1 amide bonds. The lowest BCUT2D eigenvalue weighted by Gasteiger charge is -2.13. The predicted molar refractivity (Wildman–Crippen MR) is 46.7 cm³/mol. The van der Waals surface area contributed by atoms with Gasteiger partial charge in [0.1, 0.15) is 0 Å². The molecule has 11 heavy (non-hydrogen) atoms. The summed E-state index contributed by atoms with van der Waals surface area (Å²) < 4.78 is 2.08. The van der Waals surface area contributed by atoms with Crippen LogP contribution in [0.1, 0.15) is 13.3 Å². The van der Waals surface area contributed by atoms with E-state index in [0.717, 1.165) is 6.54 Å². The summed E-state index contributed by atoms with van der Waals surface area (Å²) in [5.74, 6) is 0.109. The van der Waals surface area contributed by atoms with E-state index in [1.807, 2.05) is 12.3 Å². The summed E-state index contributed by atoms with van der Waals surface area (Å²) in [5.41, 5.74) is 0. The normalized spacial score (nSPS) is 17.2. The van der Waals surface area contributed by atoms with Gasteiger partial charge in [0.05, 0.1) is 6.67 Å². The molecule has 1 aliphatic heterocycles. The Hall–Kier alpha value is -0.480. The van der Waals surface area contributed by atoms with Crippen molar-refractivity contribution in [2.75, 3.05) is 13.2 Å². The van der Waals surface area contributed by atoms with Crippen molar-refractivity contribution >= 4 is 17.9 Å². The van der Waals surface area contributed by atoms with Crippen LogP contribution in [-0.2, 0) is 4.79 Å². The molecule has 1 N–H and O–H groups in total. The van der Waals surface area contributed by atoms with Gasteiger partial charge in [-0.25, -0.2) is 4.31 Å². The number of rotatable bonds is 3. The van der Waals surface area contributed by atoms with Gasteiger partial charge in [-0.15, -0.1) is 0 Å². The SMILES string of the molecule is CCC(=O)NCN1CC=CS1. The van der Waals surface area contributed by atoms with Gasteiger partial charge in [0.2, 0.25) is 5.91 Å². The van der Waals surface area contributed by atoms with E-state index in [1.165, 1.54) is 0 Å². The Labute approximate surface area is 71.0 Å². The fourth-order valence-corrected chi connectivity index (χ4v) is 1.39. The Bertz CT molecular complexity index is 162. The van der Waals surface area contributed by atoms with Crippen molar-refractivity contribution in [2.24, 2.45) is 0 Å². The lowest BCUT2D eigenvalue weighted by Crippen LogP contribution is -2.32. The Kier molecular flexibility index (Phi) is 3.45. The van der Waals surface area contributed by atoms with Crippen LogP contribution in [0.4, 0.5) is 0 Å². The summed E-state index contributed by atoms with van der Waals surface area (Å²) in [5, 5.41) is 4.83.